The molecular formula is C5H5FO4. The molecule has 0 aromatic heterocycles. The number of Topliss-reactive ketones (excluding diaryl/α,β-unsaturated/α-hetero) is 1. The molecule has 10 heavy (non-hydrogen) atoms. The first kappa shape index (κ1) is 8.74. The van der Waals surface area contributed by atoms with Crippen molar-refractivity contribution in [3.63, 3.8) is 0 Å². The van der Waals surface area contributed by atoms with E-state index in [1.807, 2.05) is 0 Å². The van der Waals surface area contributed by atoms with E-state index in [2.05, 4.69) is 4.74 Å². The van der Waals surface area contributed by atoms with Crippen LogP contribution in [0.15, 0.2) is 0 Å². The summed E-state index contributed by atoms with van der Waals surface area (Å²) in [6, 6.07) is 0. The molecule has 0 spiro atoms. The normalized spacial score (nSPS) is 8.60. The smallest absolute Gasteiger partial charge is 0.385 e. The Morgan fingerprint density at radius 1 is 1.40 bits per heavy atom. The molecule has 0 aliphatic carbocycles. The summed E-state index contributed by atoms with van der Waals surface area (Å²) in [7, 11) is 0. The number of hydrogen-bond acceptors (Lipinski definition) is 4. The summed E-state index contributed by atoms with van der Waals surface area (Å²) in [5.41, 5.74) is 0. The number of ether oxygens (including phenoxy) is 1. The molecule has 0 amide bonds. The van der Waals surface area contributed by atoms with Gasteiger partial charge in [0, 0.05) is 6.92 Å². The minimum absolute atomic E-state index is 0.924. The molecule has 0 unspecified atom stereocenters. The number of esters is 2. The highest BCUT2D eigenvalue weighted by Gasteiger charge is 2.16. The summed E-state index contributed by atoms with van der Waals surface area (Å²) < 4.78 is 15.1. The van der Waals surface area contributed by atoms with Gasteiger partial charge >= 0.3 is 11.9 Å². The van der Waals surface area contributed by atoms with E-state index < -0.39 is 24.4 Å². The first-order valence-corrected chi connectivity index (χ1v) is 2.39. The van der Waals surface area contributed by atoms with E-state index in [0.717, 1.165) is 6.92 Å². The van der Waals surface area contributed by atoms with Crippen molar-refractivity contribution in [2.75, 3.05) is 6.67 Å². The molecule has 0 aliphatic rings. The van der Waals surface area contributed by atoms with Gasteiger partial charge in [-0.3, -0.25) is 9.59 Å². The van der Waals surface area contributed by atoms with Crippen molar-refractivity contribution in [1.82, 2.24) is 0 Å². The Bertz CT molecular complexity index is 174. The number of hydrogen-bond donors (Lipinski definition) is 0. The third-order valence-electron chi connectivity index (χ3n) is 0.585. The van der Waals surface area contributed by atoms with Crippen LogP contribution < -0.4 is 0 Å². The molecule has 0 aromatic carbocycles. The Balaban J connectivity index is 3.86. The largest absolute Gasteiger partial charge is 0.387 e. The molecule has 0 saturated heterocycles. The van der Waals surface area contributed by atoms with Crippen LogP contribution in [0.4, 0.5) is 4.39 Å². The van der Waals surface area contributed by atoms with Crippen LogP contribution in [0.1, 0.15) is 6.92 Å². The standard InChI is InChI=1S/C5H5FO4/c1-3(7)10-5(9)4(8)2-6/h2H2,1H3. The first-order valence-electron chi connectivity index (χ1n) is 2.39. The molecule has 56 valence electrons. The molecular weight excluding hydrogens is 143 g/mol. The van der Waals surface area contributed by atoms with E-state index in [1.54, 1.807) is 0 Å². The highest BCUT2D eigenvalue weighted by Crippen LogP contribution is 1.83. The summed E-state index contributed by atoms with van der Waals surface area (Å²) in [4.78, 5) is 30.2. The van der Waals surface area contributed by atoms with Crippen LogP contribution in [0.3, 0.4) is 0 Å². The molecule has 0 fully saturated rings. The van der Waals surface area contributed by atoms with Gasteiger partial charge in [0.2, 0.25) is 0 Å². The molecule has 0 atom stereocenters. The molecule has 0 aliphatic heterocycles. The number of carbonyl (C=O) groups excluding carboxylic acids is 3. The van der Waals surface area contributed by atoms with Gasteiger partial charge in [0.1, 0.15) is 0 Å². The molecule has 5 heteroatoms. The average Bonchev–Trinajstić information content (AvgIpc) is 1.85. The molecule has 0 aromatic rings. The Kier molecular flexibility index (Phi) is 3.24. The van der Waals surface area contributed by atoms with Gasteiger partial charge in [-0.05, 0) is 0 Å². The SMILES string of the molecule is CC(=O)OC(=O)C(=O)CF. The van der Waals surface area contributed by atoms with Crippen molar-refractivity contribution in [3.05, 3.63) is 0 Å². The van der Waals surface area contributed by atoms with E-state index in [1.165, 1.54) is 0 Å². The predicted molar refractivity (Wildman–Crippen MR) is 27.8 cm³/mol. The van der Waals surface area contributed by atoms with Gasteiger partial charge in [0.15, 0.2) is 6.67 Å². The van der Waals surface area contributed by atoms with Crippen molar-refractivity contribution in [3.8, 4) is 0 Å². The quantitative estimate of drug-likeness (QED) is 0.304. The zero-order valence-electron chi connectivity index (χ0n) is 5.22. The fourth-order valence-electron chi connectivity index (χ4n) is 0.242. The maximum atomic E-state index is 11.3. The second-order valence-corrected chi connectivity index (χ2v) is 1.44. The second-order valence-electron chi connectivity index (χ2n) is 1.44. The minimum atomic E-state index is -1.45. The van der Waals surface area contributed by atoms with Gasteiger partial charge in [-0.2, -0.15) is 0 Å². The summed E-state index contributed by atoms with van der Waals surface area (Å²) in [6.07, 6.45) is 0. The van der Waals surface area contributed by atoms with E-state index in [4.69, 9.17) is 0 Å². The van der Waals surface area contributed by atoms with Crippen LogP contribution in [-0.4, -0.2) is 24.4 Å². The van der Waals surface area contributed by atoms with Gasteiger partial charge in [0.05, 0.1) is 0 Å². The zero-order chi connectivity index (χ0) is 8.15. The Labute approximate surface area is 56.0 Å². The minimum Gasteiger partial charge on any atom is -0.387 e. The zero-order valence-corrected chi connectivity index (χ0v) is 5.22. The number of alkyl halides is 1. The maximum absolute atomic E-state index is 11.3. The van der Waals surface area contributed by atoms with Gasteiger partial charge in [-0.15, -0.1) is 0 Å². The molecule has 0 bridgehead atoms. The van der Waals surface area contributed by atoms with Crippen molar-refractivity contribution >= 4 is 17.7 Å². The summed E-state index contributed by atoms with van der Waals surface area (Å²) in [5.74, 6) is -3.72. The Morgan fingerprint density at radius 2 is 1.90 bits per heavy atom. The lowest BCUT2D eigenvalue weighted by Crippen LogP contribution is -2.20. The number of rotatable bonds is 2. The van der Waals surface area contributed by atoms with Crippen LogP contribution in [0.2, 0.25) is 0 Å². The summed E-state index contributed by atoms with van der Waals surface area (Å²) >= 11 is 0. The van der Waals surface area contributed by atoms with Crippen LogP contribution in [-0.2, 0) is 19.1 Å². The number of carbonyl (C=O) groups is 3. The Morgan fingerprint density at radius 3 is 2.20 bits per heavy atom. The third-order valence-corrected chi connectivity index (χ3v) is 0.585. The van der Waals surface area contributed by atoms with Gasteiger partial charge in [0.25, 0.3) is 5.78 Å². The lowest BCUT2D eigenvalue weighted by atomic mass is 10.4. The fraction of sp³-hybridized carbons (Fsp3) is 0.400. The maximum Gasteiger partial charge on any atom is 0.385 e. The molecule has 0 heterocycles. The molecule has 0 N–H and O–H groups in total. The van der Waals surface area contributed by atoms with Gasteiger partial charge in [-0.1, -0.05) is 0 Å². The fourth-order valence-corrected chi connectivity index (χ4v) is 0.242. The highest BCUT2D eigenvalue weighted by atomic mass is 19.1. The third kappa shape index (κ3) is 2.91. The van der Waals surface area contributed by atoms with E-state index >= 15 is 0 Å². The summed E-state index contributed by atoms with van der Waals surface area (Å²) in [5, 5.41) is 0. The van der Waals surface area contributed by atoms with Crippen LogP contribution in [0.5, 0.6) is 0 Å². The Hall–Kier alpha value is -1.26. The van der Waals surface area contributed by atoms with Crippen LogP contribution >= 0.6 is 0 Å². The lowest BCUT2D eigenvalue weighted by molar-refractivity contribution is -0.163. The van der Waals surface area contributed by atoms with E-state index in [0.29, 0.717) is 0 Å². The molecule has 0 rings (SSSR count). The topological polar surface area (TPSA) is 60.4 Å². The van der Waals surface area contributed by atoms with Gasteiger partial charge < -0.3 is 4.74 Å². The number of ketones is 1. The predicted octanol–water partition coefficient (Wildman–Crippen LogP) is -0.385. The van der Waals surface area contributed by atoms with Crippen molar-refractivity contribution in [2.24, 2.45) is 0 Å². The van der Waals surface area contributed by atoms with E-state index in [-0.39, 0.29) is 0 Å². The molecule has 4 nitrogen and oxygen atoms in total. The van der Waals surface area contributed by atoms with Crippen LogP contribution in [0, 0.1) is 0 Å². The monoisotopic (exact) mass is 148 g/mol. The van der Waals surface area contributed by atoms with Crippen molar-refractivity contribution in [1.29, 1.82) is 0 Å². The van der Waals surface area contributed by atoms with Crippen LogP contribution in [0.25, 0.3) is 0 Å². The highest BCUT2D eigenvalue weighted by molar-refractivity contribution is 6.35. The second kappa shape index (κ2) is 3.71. The van der Waals surface area contributed by atoms with Crippen molar-refractivity contribution in [2.45, 2.75) is 6.92 Å². The molecule has 0 radical (unpaired) electrons. The van der Waals surface area contributed by atoms with E-state index in [9.17, 15) is 18.8 Å². The molecule has 0 saturated carbocycles. The summed E-state index contributed by atoms with van der Waals surface area (Å²) in [6.45, 7) is -0.491. The van der Waals surface area contributed by atoms with Crippen molar-refractivity contribution < 1.29 is 23.5 Å². The first-order chi connectivity index (χ1) is 4.57. The lowest BCUT2D eigenvalue weighted by Gasteiger charge is -1.92. The average molecular weight is 148 g/mol. The van der Waals surface area contributed by atoms with Gasteiger partial charge in [-0.25, -0.2) is 9.18 Å². The number of halogens is 1.